The quantitative estimate of drug-likeness (QED) is 0.678. The molecular weight excluding hydrogens is 264 g/mol. The molecule has 0 bridgehead atoms. The molecule has 1 aromatic heterocycles. The van der Waals surface area contributed by atoms with Crippen molar-refractivity contribution in [1.82, 2.24) is 0 Å². The van der Waals surface area contributed by atoms with Gasteiger partial charge in [0.15, 0.2) is 5.00 Å². The normalized spacial score (nSPS) is 15.1. The van der Waals surface area contributed by atoms with Crippen LogP contribution in [0.3, 0.4) is 0 Å². The van der Waals surface area contributed by atoms with E-state index in [0.29, 0.717) is 9.88 Å². The molecule has 2 atom stereocenters. The van der Waals surface area contributed by atoms with Crippen molar-refractivity contribution in [3.05, 3.63) is 21.1 Å². The number of aliphatic hydroxyl groups is 1. The molecule has 0 aliphatic carbocycles. The van der Waals surface area contributed by atoms with Crippen LogP contribution < -0.4 is 4.90 Å². The lowest BCUT2D eigenvalue weighted by Gasteiger charge is -2.35. The van der Waals surface area contributed by atoms with Gasteiger partial charge >= 0.3 is 5.69 Å². The monoisotopic (exact) mass is 286 g/mol. The van der Waals surface area contributed by atoms with E-state index in [1.165, 1.54) is 17.4 Å². The molecule has 1 heterocycles. The zero-order chi connectivity index (χ0) is 15.0. The molecule has 108 valence electrons. The minimum atomic E-state index is -0.684. The molecule has 0 fully saturated rings. The van der Waals surface area contributed by atoms with Crippen LogP contribution in [0.2, 0.25) is 0 Å². The lowest BCUT2D eigenvalue weighted by Crippen LogP contribution is -2.39. The van der Waals surface area contributed by atoms with Crippen LogP contribution in [-0.2, 0) is 0 Å². The molecule has 0 amide bonds. The lowest BCUT2D eigenvalue weighted by atomic mass is 9.87. The number of nitrogens with zero attached hydrogens (tertiary/aromatic N) is 2. The van der Waals surface area contributed by atoms with Gasteiger partial charge in [-0.2, -0.15) is 0 Å². The van der Waals surface area contributed by atoms with E-state index in [1.54, 1.807) is 6.92 Å². The summed E-state index contributed by atoms with van der Waals surface area (Å²) >= 11 is 1.28. The Morgan fingerprint density at radius 2 is 1.95 bits per heavy atom. The van der Waals surface area contributed by atoms with Crippen molar-refractivity contribution in [3.8, 4) is 0 Å². The Balaban J connectivity index is 3.21. The summed E-state index contributed by atoms with van der Waals surface area (Å²) in [5.41, 5.74) is 0.0805. The number of thiophene rings is 1. The fourth-order valence-corrected chi connectivity index (χ4v) is 2.84. The summed E-state index contributed by atoms with van der Waals surface area (Å²) in [6.45, 7) is 9.97. The Labute approximate surface area is 118 Å². The van der Waals surface area contributed by atoms with Crippen molar-refractivity contribution in [1.29, 1.82) is 0 Å². The standard InChI is InChI=1S/C13H22N2O3S/c1-8(16)11-7-10(15(17)18)12(19-11)14(6)9(2)13(3,4)5/h7-9,16H,1-6H3/t8-,9?/m0/s1. The van der Waals surface area contributed by atoms with E-state index >= 15 is 0 Å². The summed E-state index contributed by atoms with van der Waals surface area (Å²) in [6, 6.07) is 1.61. The number of aliphatic hydroxyl groups excluding tert-OH is 1. The number of anilines is 1. The highest BCUT2D eigenvalue weighted by molar-refractivity contribution is 7.16. The van der Waals surface area contributed by atoms with Crippen LogP contribution in [0, 0.1) is 15.5 Å². The summed E-state index contributed by atoms with van der Waals surface area (Å²) in [5, 5.41) is 21.3. The molecule has 0 aromatic carbocycles. The van der Waals surface area contributed by atoms with Gasteiger partial charge in [-0.05, 0) is 19.3 Å². The first-order chi connectivity index (χ1) is 8.55. The average molecular weight is 286 g/mol. The lowest BCUT2D eigenvalue weighted by molar-refractivity contribution is -0.383. The molecule has 0 spiro atoms. The first kappa shape index (κ1) is 15.9. The maximum absolute atomic E-state index is 11.1. The van der Waals surface area contributed by atoms with Crippen molar-refractivity contribution in [2.75, 3.05) is 11.9 Å². The van der Waals surface area contributed by atoms with E-state index in [2.05, 4.69) is 20.8 Å². The first-order valence-corrected chi connectivity index (χ1v) is 7.06. The van der Waals surface area contributed by atoms with Crippen LogP contribution in [0.5, 0.6) is 0 Å². The summed E-state index contributed by atoms with van der Waals surface area (Å²) in [4.78, 5) is 13.3. The van der Waals surface area contributed by atoms with Gasteiger partial charge in [0.1, 0.15) is 0 Å². The summed E-state index contributed by atoms with van der Waals surface area (Å²) in [6.07, 6.45) is -0.684. The second-order valence-corrected chi connectivity index (χ2v) is 6.99. The minimum absolute atomic E-state index is 0.0115. The predicted molar refractivity (Wildman–Crippen MR) is 78.9 cm³/mol. The Morgan fingerprint density at radius 3 is 2.32 bits per heavy atom. The van der Waals surface area contributed by atoms with E-state index in [1.807, 2.05) is 18.9 Å². The second kappa shape index (κ2) is 5.46. The van der Waals surface area contributed by atoms with Gasteiger partial charge in [-0.1, -0.05) is 20.8 Å². The Hall–Kier alpha value is -1.14. The Bertz CT molecular complexity index is 463. The minimum Gasteiger partial charge on any atom is -0.388 e. The third-order valence-corrected chi connectivity index (χ3v) is 4.86. The van der Waals surface area contributed by atoms with Crippen molar-refractivity contribution in [3.63, 3.8) is 0 Å². The largest absolute Gasteiger partial charge is 0.388 e. The van der Waals surface area contributed by atoms with E-state index in [4.69, 9.17) is 0 Å². The van der Waals surface area contributed by atoms with Gasteiger partial charge < -0.3 is 10.0 Å². The maximum Gasteiger partial charge on any atom is 0.304 e. The number of rotatable bonds is 4. The number of nitro groups is 1. The summed E-state index contributed by atoms with van der Waals surface area (Å²) in [7, 11) is 1.86. The van der Waals surface area contributed by atoms with Gasteiger partial charge in [0.25, 0.3) is 0 Å². The van der Waals surface area contributed by atoms with Crippen molar-refractivity contribution < 1.29 is 10.0 Å². The molecule has 0 aliphatic rings. The molecule has 5 nitrogen and oxygen atoms in total. The number of hydrogen-bond acceptors (Lipinski definition) is 5. The van der Waals surface area contributed by atoms with Crippen LogP contribution in [0.25, 0.3) is 0 Å². The molecule has 0 saturated carbocycles. The highest BCUT2D eigenvalue weighted by Crippen LogP contribution is 2.42. The topological polar surface area (TPSA) is 66.6 Å². The molecule has 19 heavy (non-hydrogen) atoms. The molecule has 1 aromatic rings. The van der Waals surface area contributed by atoms with E-state index in [0.717, 1.165) is 0 Å². The van der Waals surface area contributed by atoms with Crippen molar-refractivity contribution >= 4 is 22.0 Å². The number of hydrogen-bond donors (Lipinski definition) is 1. The fourth-order valence-electron chi connectivity index (χ4n) is 1.74. The zero-order valence-corrected chi connectivity index (χ0v) is 13.1. The van der Waals surface area contributed by atoms with E-state index < -0.39 is 6.10 Å². The third-order valence-electron chi connectivity index (χ3n) is 3.48. The van der Waals surface area contributed by atoms with Crippen LogP contribution in [-0.4, -0.2) is 23.1 Å². The highest BCUT2D eigenvalue weighted by atomic mass is 32.1. The molecule has 1 unspecified atom stereocenters. The Morgan fingerprint density at radius 1 is 1.42 bits per heavy atom. The molecular formula is C13H22N2O3S. The van der Waals surface area contributed by atoms with Gasteiger partial charge in [0, 0.05) is 24.0 Å². The van der Waals surface area contributed by atoms with Gasteiger partial charge in [-0.3, -0.25) is 10.1 Å². The summed E-state index contributed by atoms with van der Waals surface area (Å²) in [5.74, 6) is 0. The van der Waals surface area contributed by atoms with Gasteiger partial charge in [0.05, 0.1) is 11.0 Å². The second-order valence-electron chi connectivity index (χ2n) is 5.93. The third kappa shape index (κ3) is 3.45. The highest BCUT2D eigenvalue weighted by Gasteiger charge is 2.30. The molecule has 0 radical (unpaired) electrons. The summed E-state index contributed by atoms with van der Waals surface area (Å²) < 4.78 is 0. The Kier molecular flexibility index (Phi) is 4.58. The molecule has 1 N–H and O–H groups in total. The van der Waals surface area contributed by atoms with Crippen LogP contribution in [0.15, 0.2) is 6.07 Å². The predicted octanol–water partition coefficient (Wildman–Crippen LogP) is 3.58. The van der Waals surface area contributed by atoms with E-state index in [-0.39, 0.29) is 22.1 Å². The average Bonchev–Trinajstić information content (AvgIpc) is 2.70. The van der Waals surface area contributed by atoms with Crippen molar-refractivity contribution in [2.45, 2.75) is 46.8 Å². The maximum atomic E-state index is 11.1. The van der Waals surface area contributed by atoms with Crippen molar-refractivity contribution in [2.24, 2.45) is 5.41 Å². The molecule has 0 saturated heterocycles. The molecule has 6 heteroatoms. The zero-order valence-electron chi connectivity index (χ0n) is 12.3. The van der Waals surface area contributed by atoms with Crippen LogP contribution in [0.4, 0.5) is 10.7 Å². The van der Waals surface area contributed by atoms with Gasteiger partial charge in [-0.25, -0.2) is 0 Å². The van der Waals surface area contributed by atoms with Crippen LogP contribution in [0.1, 0.15) is 45.6 Å². The smallest absolute Gasteiger partial charge is 0.304 e. The molecule has 1 rings (SSSR count). The van der Waals surface area contributed by atoms with E-state index in [9.17, 15) is 15.2 Å². The fraction of sp³-hybridized carbons (Fsp3) is 0.692. The van der Waals surface area contributed by atoms with Gasteiger partial charge in [0.2, 0.25) is 0 Å². The molecule has 0 aliphatic heterocycles. The first-order valence-electron chi connectivity index (χ1n) is 6.24. The van der Waals surface area contributed by atoms with Crippen LogP contribution >= 0.6 is 11.3 Å². The SMILES string of the molecule is CC(N(C)c1sc([C@H](C)O)cc1[N+](=O)[O-])C(C)(C)C. The van der Waals surface area contributed by atoms with Gasteiger partial charge in [-0.15, -0.1) is 11.3 Å².